The van der Waals surface area contributed by atoms with Crippen LogP contribution < -0.4 is 10.6 Å². The van der Waals surface area contributed by atoms with Crippen LogP contribution in [0.4, 0.5) is 0 Å². The SMILES string of the molecule is CCN1CCN(Cc2ccc(CNC(=NC)NC3CC3C)cc2)CC1. The van der Waals surface area contributed by atoms with E-state index in [0.29, 0.717) is 6.04 Å². The molecule has 2 fully saturated rings. The Kier molecular flexibility index (Phi) is 6.32. The van der Waals surface area contributed by atoms with Crippen molar-refractivity contribution in [2.24, 2.45) is 10.9 Å². The van der Waals surface area contributed by atoms with Gasteiger partial charge in [-0.3, -0.25) is 9.89 Å². The fourth-order valence-electron chi connectivity index (χ4n) is 3.36. The van der Waals surface area contributed by atoms with Crippen molar-refractivity contribution in [1.82, 2.24) is 20.4 Å². The van der Waals surface area contributed by atoms with Crippen molar-refractivity contribution in [3.05, 3.63) is 35.4 Å². The second kappa shape index (κ2) is 8.68. The van der Waals surface area contributed by atoms with Crippen LogP contribution in [-0.4, -0.2) is 61.6 Å². The molecule has 1 saturated carbocycles. The van der Waals surface area contributed by atoms with Gasteiger partial charge in [-0.05, 0) is 30.0 Å². The van der Waals surface area contributed by atoms with Crippen LogP contribution in [0.1, 0.15) is 31.4 Å². The molecule has 2 unspecified atom stereocenters. The van der Waals surface area contributed by atoms with Crippen molar-refractivity contribution in [2.45, 2.75) is 39.4 Å². The highest BCUT2D eigenvalue weighted by Crippen LogP contribution is 2.28. The molecule has 1 saturated heterocycles. The van der Waals surface area contributed by atoms with Gasteiger partial charge in [0, 0.05) is 52.4 Å². The number of rotatable bonds is 6. The minimum Gasteiger partial charge on any atom is -0.353 e. The Morgan fingerprint density at radius 1 is 1.08 bits per heavy atom. The third-order valence-corrected chi connectivity index (χ3v) is 5.46. The number of likely N-dealkylation sites (N-methyl/N-ethyl adjacent to an activating group) is 1. The van der Waals surface area contributed by atoms with Crippen molar-refractivity contribution in [2.75, 3.05) is 39.8 Å². The van der Waals surface area contributed by atoms with Gasteiger partial charge in [0.1, 0.15) is 0 Å². The van der Waals surface area contributed by atoms with E-state index in [0.717, 1.165) is 25.0 Å². The number of hydrogen-bond acceptors (Lipinski definition) is 3. The Labute approximate surface area is 152 Å². The summed E-state index contributed by atoms with van der Waals surface area (Å²) in [5, 5.41) is 6.88. The van der Waals surface area contributed by atoms with Gasteiger partial charge in [-0.15, -0.1) is 0 Å². The number of guanidine groups is 1. The fraction of sp³-hybridized carbons (Fsp3) is 0.650. The monoisotopic (exact) mass is 343 g/mol. The van der Waals surface area contributed by atoms with Gasteiger partial charge in [0.15, 0.2) is 5.96 Å². The zero-order valence-electron chi connectivity index (χ0n) is 16.0. The Bertz CT molecular complexity index is 560. The van der Waals surface area contributed by atoms with Gasteiger partial charge in [-0.2, -0.15) is 0 Å². The first-order chi connectivity index (χ1) is 12.2. The number of nitrogens with zero attached hydrogens (tertiary/aromatic N) is 3. The molecule has 2 N–H and O–H groups in total. The molecule has 1 aromatic rings. The molecule has 1 heterocycles. The van der Waals surface area contributed by atoms with Crippen LogP contribution in [0.5, 0.6) is 0 Å². The molecule has 5 heteroatoms. The summed E-state index contributed by atoms with van der Waals surface area (Å²) in [5.41, 5.74) is 2.70. The second-order valence-corrected chi connectivity index (χ2v) is 7.42. The molecule has 1 aliphatic heterocycles. The predicted octanol–water partition coefficient (Wildman–Crippen LogP) is 1.90. The minimum atomic E-state index is 0.599. The zero-order chi connectivity index (χ0) is 17.6. The topological polar surface area (TPSA) is 42.9 Å². The zero-order valence-corrected chi connectivity index (χ0v) is 16.0. The lowest BCUT2D eigenvalue weighted by atomic mass is 10.1. The molecule has 0 spiro atoms. The number of piperazine rings is 1. The van der Waals surface area contributed by atoms with Crippen molar-refractivity contribution in [3.8, 4) is 0 Å². The quantitative estimate of drug-likeness (QED) is 0.612. The van der Waals surface area contributed by atoms with Gasteiger partial charge in [0.25, 0.3) is 0 Å². The van der Waals surface area contributed by atoms with Crippen LogP contribution in [-0.2, 0) is 13.1 Å². The molecule has 3 rings (SSSR count). The summed E-state index contributed by atoms with van der Waals surface area (Å²) in [6, 6.07) is 9.60. The first kappa shape index (κ1) is 18.2. The average Bonchev–Trinajstić information content (AvgIpc) is 3.35. The van der Waals surface area contributed by atoms with Crippen molar-refractivity contribution < 1.29 is 0 Å². The van der Waals surface area contributed by atoms with E-state index in [9.17, 15) is 0 Å². The van der Waals surface area contributed by atoms with E-state index in [2.05, 4.69) is 63.5 Å². The van der Waals surface area contributed by atoms with Crippen LogP contribution in [0.2, 0.25) is 0 Å². The van der Waals surface area contributed by atoms with Gasteiger partial charge < -0.3 is 15.5 Å². The number of hydrogen-bond donors (Lipinski definition) is 2. The molecule has 25 heavy (non-hydrogen) atoms. The standard InChI is InChI=1S/C20H33N5/c1-4-24-9-11-25(12-10-24)15-18-7-5-17(6-8-18)14-22-20(21-3)23-19-13-16(19)2/h5-8,16,19H,4,9-15H2,1-3H3,(H2,21,22,23). The third-order valence-electron chi connectivity index (χ3n) is 5.46. The maximum absolute atomic E-state index is 4.31. The van der Waals surface area contributed by atoms with E-state index in [1.807, 2.05) is 7.05 Å². The summed E-state index contributed by atoms with van der Waals surface area (Å²) in [4.78, 5) is 9.39. The lowest BCUT2D eigenvalue weighted by Gasteiger charge is -2.34. The Hall–Kier alpha value is -1.59. The molecule has 1 aromatic carbocycles. The highest BCUT2D eigenvalue weighted by Gasteiger charge is 2.33. The first-order valence-corrected chi connectivity index (χ1v) is 9.67. The normalized spacial score (nSPS) is 25.0. The summed E-state index contributed by atoms with van der Waals surface area (Å²) in [5.74, 6) is 1.68. The highest BCUT2D eigenvalue weighted by atomic mass is 15.3. The second-order valence-electron chi connectivity index (χ2n) is 7.42. The Balaban J connectivity index is 1.42. The van der Waals surface area contributed by atoms with Crippen LogP contribution in [0.3, 0.4) is 0 Å². The summed E-state index contributed by atoms with van der Waals surface area (Å²) in [6.07, 6.45) is 1.25. The Morgan fingerprint density at radius 3 is 2.24 bits per heavy atom. The molecule has 1 aliphatic carbocycles. The lowest BCUT2D eigenvalue weighted by Crippen LogP contribution is -2.45. The molecule has 5 nitrogen and oxygen atoms in total. The van der Waals surface area contributed by atoms with Gasteiger partial charge in [0.05, 0.1) is 0 Å². The molecule has 2 aliphatic rings. The summed E-state index contributed by atoms with van der Waals surface area (Å²) < 4.78 is 0. The van der Waals surface area contributed by atoms with Crippen LogP contribution >= 0.6 is 0 Å². The molecular formula is C20H33N5. The van der Waals surface area contributed by atoms with Crippen LogP contribution in [0, 0.1) is 5.92 Å². The first-order valence-electron chi connectivity index (χ1n) is 9.67. The van der Waals surface area contributed by atoms with Gasteiger partial charge in [-0.25, -0.2) is 0 Å². The summed E-state index contributed by atoms with van der Waals surface area (Å²) in [7, 11) is 1.84. The van der Waals surface area contributed by atoms with Gasteiger partial charge in [-0.1, -0.05) is 38.1 Å². The van der Waals surface area contributed by atoms with Gasteiger partial charge in [0.2, 0.25) is 0 Å². The molecule has 0 bridgehead atoms. The van der Waals surface area contributed by atoms with E-state index in [1.165, 1.54) is 50.3 Å². The van der Waals surface area contributed by atoms with Crippen molar-refractivity contribution in [3.63, 3.8) is 0 Å². The molecular weight excluding hydrogens is 310 g/mol. The molecule has 138 valence electrons. The third kappa shape index (κ3) is 5.44. The summed E-state index contributed by atoms with van der Waals surface area (Å²) in [6.45, 7) is 12.3. The maximum Gasteiger partial charge on any atom is 0.191 e. The minimum absolute atomic E-state index is 0.599. The van der Waals surface area contributed by atoms with E-state index in [4.69, 9.17) is 0 Å². The number of benzene rings is 1. The number of nitrogens with one attached hydrogen (secondary N) is 2. The summed E-state index contributed by atoms with van der Waals surface area (Å²) >= 11 is 0. The molecule has 0 amide bonds. The highest BCUT2D eigenvalue weighted by molar-refractivity contribution is 5.80. The van der Waals surface area contributed by atoms with Gasteiger partial charge >= 0.3 is 0 Å². The lowest BCUT2D eigenvalue weighted by molar-refractivity contribution is 0.132. The predicted molar refractivity (Wildman–Crippen MR) is 105 cm³/mol. The fourth-order valence-corrected chi connectivity index (χ4v) is 3.36. The molecule has 2 atom stereocenters. The van der Waals surface area contributed by atoms with E-state index >= 15 is 0 Å². The molecule has 0 radical (unpaired) electrons. The van der Waals surface area contributed by atoms with Crippen molar-refractivity contribution in [1.29, 1.82) is 0 Å². The largest absolute Gasteiger partial charge is 0.353 e. The van der Waals surface area contributed by atoms with E-state index in [-0.39, 0.29) is 0 Å². The van der Waals surface area contributed by atoms with Crippen molar-refractivity contribution >= 4 is 5.96 Å². The smallest absolute Gasteiger partial charge is 0.191 e. The van der Waals surface area contributed by atoms with E-state index < -0.39 is 0 Å². The average molecular weight is 344 g/mol. The number of aliphatic imine (C=N–C) groups is 1. The van der Waals surface area contributed by atoms with Crippen LogP contribution in [0.25, 0.3) is 0 Å². The Morgan fingerprint density at radius 2 is 1.68 bits per heavy atom. The van der Waals surface area contributed by atoms with E-state index in [1.54, 1.807) is 0 Å². The maximum atomic E-state index is 4.31. The molecule has 0 aromatic heterocycles. The van der Waals surface area contributed by atoms with Crippen LogP contribution in [0.15, 0.2) is 29.3 Å².